The Bertz CT molecular complexity index is 846. The van der Waals surface area contributed by atoms with E-state index in [2.05, 4.69) is 5.32 Å². The molecule has 0 spiro atoms. The van der Waals surface area contributed by atoms with Gasteiger partial charge in [0.1, 0.15) is 16.9 Å². The van der Waals surface area contributed by atoms with Crippen molar-refractivity contribution in [2.45, 2.75) is 13.5 Å². The number of carbonyl (C=O) groups is 1. The highest BCUT2D eigenvalue weighted by Gasteiger charge is 2.14. The molecule has 0 bridgehead atoms. The van der Waals surface area contributed by atoms with Gasteiger partial charge in [-0.3, -0.25) is 4.79 Å². The molecule has 5 nitrogen and oxygen atoms in total. The molecule has 0 saturated carbocycles. The van der Waals surface area contributed by atoms with Gasteiger partial charge in [0.15, 0.2) is 0 Å². The lowest BCUT2D eigenvalue weighted by Gasteiger charge is -2.05. The quantitative estimate of drug-likeness (QED) is 0.750. The molecule has 106 valence electrons. The predicted octanol–water partition coefficient (Wildman–Crippen LogP) is 2.62. The van der Waals surface area contributed by atoms with Gasteiger partial charge in [-0.1, -0.05) is 18.2 Å². The summed E-state index contributed by atoms with van der Waals surface area (Å²) in [5.41, 5.74) is 0.700. The lowest BCUT2D eigenvalue weighted by Crippen LogP contribution is -2.27. The molecule has 3 aromatic rings. The molecule has 2 heterocycles. The third kappa shape index (κ3) is 2.58. The lowest BCUT2D eigenvalue weighted by molar-refractivity contribution is 0.0944. The minimum atomic E-state index is -0.645. The van der Waals surface area contributed by atoms with Gasteiger partial charge in [0.05, 0.1) is 12.8 Å². The first kappa shape index (κ1) is 13.2. The average molecular weight is 283 g/mol. The van der Waals surface area contributed by atoms with Gasteiger partial charge in [-0.25, -0.2) is 4.79 Å². The van der Waals surface area contributed by atoms with E-state index in [4.69, 9.17) is 8.83 Å². The van der Waals surface area contributed by atoms with Crippen LogP contribution in [0.2, 0.25) is 0 Å². The zero-order chi connectivity index (χ0) is 14.8. The largest absolute Gasteiger partial charge is 0.467 e. The molecule has 3 rings (SSSR count). The Morgan fingerprint density at radius 2 is 2.10 bits per heavy atom. The summed E-state index contributed by atoms with van der Waals surface area (Å²) in [5, 5.41) is 3.35. The first-order valence-electron chi connectivity index (χ1n) is 6.49. The smallest absolute Gasteiger partial charge is 0.349 e. The van der Waals surface area contributed by atoms with Crippen LogP contribution in [-0.4, -0.2) is 5.91 Å². The van der Waals surface area contributed by atoms with Crippen molar-refractivity contribution >= 4 is 16.9 Å². The first-order chi connectivity index (χ1) is 10.1. The van der Waals surface area contributed by atoms with Crippen LogP contribution in [0.3, 0.4) is 0 Å². The van der Waals surface area contributed by atoms with Crippen LogP contribution in [0, 0.1) is 6.92 Å². The van der Waals surface area contributed by atoms with Gasteiger partial charge in [-0.2, -0.15) is 0 Å². The summed E-state index contributed by atoms with van der Waals surface area (Å²) in [6, 6.07) is 10.5. The Morgan fingerprint density at radius 3 is 2.86 bits per heavy atom. The van der Waals surface area contributed by atoms with Crippen molar-refractivity contribution < 1.29 is 13.6 Å². The van der Waals surface area contributed by atoms with Gasteiger partial charge in [0.2, 0.25) is 0 Å². The minimum Gasteiger partial charge on any atom is -0.467 e. The van der Waals surface area contributed by atoms with Crippen LogP contribution in [0.15, 0.2) is 56.3 Å². The number of rotatable bonds is 3. The van der Waals surface area contributed by atoms with E-state index in [9.17, 15) is 9.59 Å². The molecule has 0 unspecified atom stereocenters. The van der Waals surface area contributed by atoms with Crippen LogP contribution in [0.5, 0.6) is 0 Å². The molecule has 21 heavy (non-hydrogen) atoms. The summed E-state index contributed by atoms with van der Waals surface area (Å²) in [7, 11) is 0. The summed E-state index contributed by atoms with van der Waals surface area (Å²) in [6.07, 6.45) is 1.52. The second-order valence-electron chi connectivity index (χ2n) is 4.70. The van der Waals surface area contributed by atoms with Gasteiger partial charge >= 0.3 is 5.63 Å². The maximum Gasteiger partial charge on any atom is 0.349 e. The molecule has 0 saturated heterocycles. The fraction of sp³-hybridized carbons (Fsp3) is 0.125. The molecule has 0 atom stereocenters. The number of para-hydroxylation sites is 1. The molecule has 5 heteroatoms. The number of hydrogen-bond acceptors (Lipinski definition) is 4. The zero-order valence-electron chi connectivity index (χ0n) is 11.4. The summed E-state index contributed by atoms with van der Waals surface area (Å²) in [4.78, 5) is 24.0. The molecule has 0 aliphatic rings. The van der Waals surface area contributed by atoms with E-state index in [1.807, 2.05) is 19.1 Å². The summed E-state index contributed by atoms with van der Waals surface area (Å²) in [5.74, 6) is 0.132. The van der Waals surface area contributed by atoms with Gasteiger partial charge in [0, 0.05) is 5.39 Å². The Kier molecular flexibility index (Phi) is 3.31. The Balaban J connectivity index is 1.91. The van der Waals surface area contributed by atoms with Crippen LogP contribution in [0.1, 0.15) is 21.7 Å². The topological polar surface area (TPSA) is 72.5 Å². The monoisotopic (exact) mass is 283 g/mol. The number of aryl methyl sites for hydroxylation is 1. The van der Waals surface area contributed by atoms with Crippen LogP contribution in [0.4, 0.5) is 0 Å². The highest BCUT2D eigenvalue weighted by atomic mass is 16.4. The minimum absolute atomic E-state index is 0.0142. The summed E-state index contributed by atoms with van der Waals surface area (Å²) >= 11 is 0. The van der Waals surface area contributed by atoms with E-state index >= 15 is 0 Å². The SMILES string of the molecule is Cc1cccc2cc(C(=O)NCc3ccco3)c(=O)oc12. The zero-order valence-corrected chi connectivity index (χ0v) is 11.4. The van der Waals surface area contributed by atoms with Crippen molar-refractivity contribution in [3.05, 3.63) is 70.0 Å². The van der Waals surface area contributed by atoms with Crippen LogP contribution in [-0.2, 0) is 6.54 Å². The molecule has 0 aliphatic heterocycles. The Morgan fingerprint density at radius 1 is 1.24 bits per heavy atom. The van der Waals surface area contributed by atoms with Gasteiger partial charge in [-0.05, 0) is 30.7 Å². The predicted molar refractivity (Wildman–Crippen MR) is 77.1 cm³/mol. The van der Waals surface area contributed by atoms with Gasteiger partial charge in [0.25, 0.3) is 5.91 Å². The van der Waals surface area contributed by atoms with Crippen molar-refractivity contribution in [1.29, 1.82) is 0 Å². The second kappa shape index (κ2) is 5.28. The maximum atomic E-state index is 12.1. The van der Waals surface area contributed by atoms with Crippen molar-refractivity contribution in [2.75, 3.05) is 0 Å². The highest BCUT2D eigenvalue weighted by molar-refractivity contribution is 5.96. The molecule has 2 aromatic heterocycles. The van der Waals surface area contributed by atoms with Crippen LogP contribution in [0.25, 0.3) is 11.0 Å². The van der Waals surface area contributed by atoms with Crippen molar-refractivity contribution in [3.8, 4) is 0 Å². The summed E-state index contributed by atoms with van der Waals surface area (Å²) < 4.78 is 10.4. The number of furan rings is 1. The van der Waals surface area contributed by atoms with E-state index < -0.39 is 11.5 Å². The van der Waals surface area contributed by atoms with E-state index in [1.165, 1.54) is 6.26 Å². The normalized spacial score (nSPS) is 10.7. The fourth-order valence-corrected chi connectivity index (χ4v) is 2.12. The molecule has 0 fully saturated rings. The van der Waals surface area contributed by atoms with Gasteiger partial charge < -0.3 is 14.2 Å². The van der Waals surface area contributed by atoms with Crippen LogP contribution < -0.4 is 10.9 Å². The number of fused-ring (bicyclic) bond motifs is 1. The van der Waals surface area contributed by atoms with Crippen molar-refractivity contribution in [2.24, 2.45) is 0 Å². The Labute approximate surface area is 120 Å². The molecule has 1 amide bonds. The van der Waals surface area contributed by atoms with Crippen molar-refractivity contribution in [1.82, 2.24) is 5.32 Å². The number of carbonyl (C=O) groups excluding carboxylic acids is 1. The van der Waals surface area contributed by atoms with Gasteiger partial charge in [-0.15, -0.1) is 0 Å². The lowest BCUT2D eigenvalue weighted by atomic mass is 10.1. The second-order valence-corrected chi connectivity index (χ2v) is 4.70. The highest BCUT2D eigenvalue weighted by Crippen LogP contribution is 2.17. The van der Waals surface area contributed by atoms with E-state index in [-0.39, 0.29) is 12.1 Å². The van der Waals surface area contributed by atoms with E-state index in [0.29, 0.717) is 11.3 Å². The number of hydrogen-bond donors (Lipinski definition) is 1. The molecule has 0 radical (unpaired) electrons. The van der Waals surface area contributed by atoms with Crippen LogP contribution >= 0.6 is 0 Å². The molecular weight excluding hydrogens is 270 g/mol. The molecule has 1 aromatic carbocycles. The number of amides is 1. The fourth-order valence-electron chi connectivity index (χ4n) is 2.12. The Hall–Kier alpha value is -2.82. The number of nitrogens with one attached hydrogen (secondary N) is 1. The maximum absolute atomic E-state index is 12.1. The first-order valence-corrected chi connectivity index (χ1v) is 6.49. The standard InChI is InChI=1S/C16H13NO4/c1-10-4-2-5-11-8-13(16(19)21-14(10)11)15(18)17-9-12-6-3-7-20-12/h2-8H,9H2,1H3,(H,17,18). The average Bonchev–Trinajstić information content (AvgIpc) is 2.98. The van der Waals surface area contributed by atoms with Crippen molar-refractivity contribution in [3.63, 3.8) is 0 Å². The molecule has 1 N–H and O–H groups in total. The third-order valence-electron chi connectivity index (χ3n) is 3.20. The third-order valence-corrected chi connectivity index (χ3v) is 3.20. The summed E-state index contributed by atoms with van der Waals surface area (Å²) in [6.45, 7) is 2.07. The molecular formula is C16H13NO4. The number of benzene rings is 1. The van der Waals surface area contributed by atoms with E-state index in [1.54, 1.807) is 24.3 Å². The molecule has 0 aliphatic carbocycles. The van der Waals surface area contributed by atoms with E-state index in [0.717, 1.165) is 10.9 Å².